The van der Waals surface area contributed by atoms with Gasteiger partial charge in [-0.1, -0.05) is 0 Å². The van der Waals surface area contributed by atoms with Crippen molar-refractivity contribution < 1.29 is 24.0 Å². The van der Waals surface area contributed by atoms with E-state index in [-0.39, 0.29) is 17.7 Å². The predicted octanol–water partition coefficient (Wildman–Crippen LogP) is -0.264. The SMILES string of the molecule is COC(=O)c1c(C)[nH]c(C(=O)[C@H](C)[NH+]2CCN(C(C)=O)CC2)c1C. The highest BCUT2D eigenvalue weighted by Crippen LogP contribution is 2.19. The van der Waals surface area contributed by atoms with Crippen molar-refractivity contribution in [2.24, 2.45) is 0 Å². The van der Waals surface area contributed by atoms with Gasteiger partial charge in [-0.3, -0.25) is 9.59 Å². The second-order valence-electron chi connectivity index (χ2n) is 6.37. The van der Waals surface area contributed by atoms with Crippen LogP contribution in [0.3, 0.4) is 0 Å². The molecule has 0 unspecified atom stereocenters. The maximum absolute atomic E-state index is 12.9. The zero-order valence-electron chi connectivity index (χ0n) is 15.0. The van der Waals surface area contributed by atoms with Crippen molar-refractivity contribution >= 4 is 17.7 Å². The average molecular weight is 336 g/mol. The summed E-state index contributed by atoms with van der Waals surface area (Å²) in [7, 11) is 1.33. The number of carbonyl (C=O) groups is 3. The Morgan fingerprint density at radius 1 is 1.21 bits per heavy atom. The number of esters is 1. The highest BCUT2D eigenvalue weighted by molar-refractivity contribution is 6.03. The lowest BCUT2D eigenvalue weighted by atomic mass is 10.0. The summed E-state index contributed by atoms with van der Waals surface area (Å²) in [4.78, 5) is 42.2. The van der Waals surface area contributed by atoms with Gasteiger partial charge in [0.25, 0.3) is 0 Å². The Morgan fingerprint density at radius 2 is 1.79 bits per heavy atom. The summed E-state index contributed by atoms with van der Waals surface area (Å²) in [5.41, 5.74) is 2.19. The van der Waals surface area contributed by atoms with Gasteiger partial charge in [0, 0.05) is 12.6 Å². The van der Waals surface area contributed by atoms with Crippen LogP contribution in [0.5, 0.6) is 0 Å². The second-order valence-corrected chi connectivity index (χ2v) is 6.37. The van der Waals surface area contributed by atoms with E-state index in [1.54, 1.807) is 25.7 Å². The molecular formula is C17H26N3O4+. The molecule has 2 heterocycles. The minimum Gasteiger partial charge on any atom is -0.465 e. The number of nitrogens with zero attached hydrogens (tertiary/aromatic N) is 1. The van der Waals surface area contributed by atoms with E-state index in [0.717, 1.165) is 18.0 Å². The van der Waals surface area contributed by atoms with Gasteiger partial charge in [0.05, 0.1) is 44.5 Å². The summed E-state index contributed by atoms with van der Waals surface area (Å²) in [6, 6.07) is -0.235. The standard InChI is InChI=1S/C17H25N3O4/c1-10-14(17(23)24-5)11(2)18-15(10)16(22)12(3)19-6-8-20(9-7-19)13(4)21/h12,18H,6-9H2,1-5H3/p+1/t12-/m0/s1. The number of aromatic nitrogens is 1. The maximum Gasteiger partial charge on any atom is 0.339 e. The van der Waals surface area contributed by atoms with Crippen LogP contribution >= 0.6 is 0 Å². The highest BCUT2D eigenvalue weighted by Gasteiger charge is 2.33. The number of carbonyl (C=O) groups excluding carboxylic acids is 3. The number of piperazine rings is 1. The molecule has 0 saturated carbocycles. The van der Waals surface area contributed by atoms with Crippen LogP contribution in [-0.4, -0.2) is 66.9 Å². The Kier molecular flexibility index (Phi) is 5.43. The third kappa shape index (κ3) is 3.36. The molecule has 0 aliphatic carbocycles. The minimum absolute atomic E-state index is 0.0166. The number of aryl methyl sites for hydroxylation is 1. The minimum atomic E-state index is -0.435. The lowest BCUT2D eigenvalue weighted by Crippen LogP contribution is -3.18. The molecule has 2 N–H and O–H groups in total. The first-order valence-corrected chi connectivity index (χ1v) is 8.19. The Bertz CT molecular complexity index is 657. The molecule has 1 aromatic rings. The fraction of sp³-hybridized carbons (Fsp3) is 0.588. The first kappa shape index (κ1) is 18.2. The van der Waals surface area contributed by atoms with E-state index in [0.29, 0.717) is 35.6 Å². The summed E-state index contributed by atoms with van der Waals surface area (Å²) in [5, 5.41) is 0. The number of ether oxygens (including phenoxy) is 1. The van der Waals surface area contributed by atoms with Crippen LogP contribution in [0.2, 0.25) is 0 Å². The highest BCUT2D eigenvalue weighted by atomic mass is 16.5. The van der Waals surface area contributed by atoms with Crippen molar-refractivity contribution in [3.05, 3.63) is 22.5 Å². The van der Waals surface area contributed by atoms with E-state index in [1.807, 2.05) is 6.92 Å². The van der Waals surface area contributed by atoms with Gasteiger partial charge >= 0.3 is 5.97 Å². The number of H-pyrrole nitrogens is 1. The molecule has 1 aliphatic rings. The molecule has 132 valence electrons. The molecule has 0 bridgehead atoms. The number of aromatic amines is 1. The number of hydrogen-bond acceptors (Lipinski definition) is 4. The summed E-state index contributed by atoms with van der Waals surface area (Å²) in [6.45, 7) is 9.81. The van der Waals surface area contributed by atoms with Crippen LogP contribution in [0.15, 0.2) is 0 Å². The molecule has 2 rings (SSSR count). The van der Waals surface area contributed by atoms with Gasteiger partial charge in [0.15, 0.2) is 6.04 Å². The number of quaternary nitrogens is 1. The van der Waals surface area contributed by atoms with Crippen LogP contribution in [0.1, 0.15) is 46.0 Å². The van der Waals surface area contributed by atoms with Gasteiger partial charge < -0.3 is 19.5 Å². The van der Waals surface area contributed by atoms with Crippen LogP contribution < -0.4 is 4.90 Å². The van der Waals surface area contributed by atoms with E-state index in [4.69, 9.17) is 4.74 Å². The van der Waals surface area contributed by atoms with Crippen molar-refractivity contribution in [2.75, 3.05) is 33.3 Å². The zero-order valence-corrected chi connectivity index (χ0v) is 15.0. The zero-order chi connectivity index (χ0) is 18.0. The maximum atomic E-state index is 12.9. The van der Waals surface area contributed by atoms with Gasteiger partial charge in [-0.25, -0.2) is 4.79 Å². The Labute approximate surface area is 141 Å². The first-order chi connectivity index (χ1) is 11.3. The van der Waals surface area contributed by atoms with E-state index < -0.39 is 5.97 Å². The van der Waals surface area contributed by atoms with E-state index in [9.17, 15) is 14.4 Å². The summed E-state index contributed by atoms with van der Waals surface area (Å²) in [5.74, 6) is -0.376. The second kappa shape index (κ2) is 7.17. The molecule has 1 aromatic heterocycles. The molecule has 1 fully saturated rings. The van der Waals surface area contributed by atoms with E-state index >= 15 is 0 Å². The molecule has 1 saturated heterocycles. The van der Waals surface area contributed by atoms with Gasteiger partial charge in [-0.2, -0.15) is 0 Å². The van der Waals surface area contributed by atoms with E-state index in [2.05, 4.69) is 4.98 Å². The number of nitrogens with one attached hydrogen (secondary N) is 2. The molecule has 1 atom stereocenters. The Hall–Kier alpha value is -2.15. The summed E-state index contributed by atoms with van der Waals surface area (Å²) < 4.78 is 4.79. The number of rotatable bonds is 4. The number of methoxy groups -OCH3 is 1. The van der Waals surface area contributed by atoms with Gasteiger partial charge in [0.2, 0.25) is 11.7 Å². The normalized spacial score (nSPS) is 16.8. The lowest BCUT2D eigenvalue weighted by molar-refractivity contribution is -0.917. The van der Waals surface area contributed by atoms with Crippen molar-refractivity contribution in [2.45, 2.75) is 33.7 Å². The molecule has 0 radical (unpaired) electrons. The summed E-state index contributed by atoms with van der Waals surface area (Å²) >= 11 is 0. The molecular weight excluding hydrogens is 310 g/mol. The third-order valence-corrected chi connectivity index (χ3v) is 4.93. The molecule has 7 nitrogen and oxygen atoms in total. The monoisotopic (exact) mass is 336 g/mol. The molecule has 0 spiro atoms. The number of amides is 1. The molecule has 0 aromatic carbocycles. The fourth-order valence-electron chi connectivity index (χ4n) is 3.35. The topological polar surface area (TPSA) is 83.9 Å². The van der Waals surface area contributed by atoms with Gasteiger partial charge in [-0.15, -0.1) is 0 Å². The Morgan fingerprint density at radius 3 is 2.29 bits per heavy atom. The first-order valence-electron chi connectivity index (χ1n) is 8.19. The molecule has 1 amide bonds. The number of hydrogen-bond donors (Lipinski definition) is 2. The van der Waals surface area contributed by atoms with Crippen molar-refractivity contribution in [3.8, 4) is 0 Å². The largest absolute Gasteiger partial charge is 0.465 e. The number of ketones is 1. The molecule has 24 heavy (non-hydrogen) atoms. The Balaban J connectivity index is 2.15. The fourth-order valence-corrected chi connectivity index (χ4v) is 3.35. The van der Waals surface area contributed by atoms with Crippen LogP contribution in [0.25, 0.3) is 0 Å². The average Bonchev–Trinajstić information content (AvgIpc) is 2.87. The summed E-state index contributed by atoms with van der Waals surface area (Å²) in [6.07, 6.45) is 0. The predicted molar refractivity (Wildman–Crippen MR) is 88.3 cm³/mol. The van der Waals surface area contributed by atoms with Crippen molar-refractivity contribution in [1.29, 1.82) is 0 Å². The number of Topliss-reactive ketones (excluding diaryl/α,β-unsaturated/α-hetero) is 1. The smallest absolute Gasteiger partial charge is 0.339 e. The molecule has 1 aliphatic heterocycles. The van der Waals surface area contributed by atoms with Crippen LogP contribution in [0.4, 0.5) is 0 Å². The van der Waals surface area contributed by atoms with E-state index in [1.165, 1.54) is 7.11 Å². The van der Waals surface area contributed by atoms with Crippen molar-refractivity contribution in [1.82, 2.24) is 9.88 Å². The molecule has 7 heteroatoms. The quantitative estimate of drug-likeness (QED) is 0.586. The van der Waals surface area contributed by atoms with Gasteiger partial charge in [0.1, 0.15) is 0 Å². The third-order valence-electron chi connectivity index (χ3n) is 4.93. The van der Waals surface area contributed by atoms with Crippen LogP contribution in [-0.2, 0) is 9.53 Å². The van der Waals surface area contributed by atoms with Gasteiger partial charge in [-0.05, 0) is 26.3 Å². The lowest BCUT2D eigenvalue weighted by Gasteiger charge is -2.34. The van der Waals surface area contributed by atoms with Crippen molar-refractivity contribution in [3.63, 3.8) is 0 Å². The van der Waals surface area contributed by atoms with Crippen LogP contribution in [0, 0.1) is 13.8 Å².